The molecule has 0 aromatic carbocycles. The van der Waals surface area contributed by atoms with Crippen molar-refractivity contribution < 1.29 is 9.32 Å². The predicted molar refractivity (Wildman–Crippen MR) is 87.2 cm³/mol. The van der Waals surface area contributed by atoms with Crippen LogP contribution in [-0.2, 0) is 0 Å². The van der Waals surface area contributed by atoms with E-state index in [4.69, 9.17) is 4.52 Å². The van der Waals surface area contributed by atoms with E-state index in [1.165, 1.54) is 19.3 Å². The zero-order valence-electron chi connectivity index (χ0n) is 14.5. The summed E-state index contributed by atoms with van der Waals surface area (Å²) in [7, 11) is 0. The van der Waals surface area contributed by atoms with E-state index in [1.54, 1.807) is 0 Å². The summed E-state index contributed by atoms with van der Waals surface area (Å²) in [6, 6.07) is 0. The number of hydrogen-bond donors (Lipinski definition) is 1. The maximum absolute atomic E-state index is 12.6. The fraction of sp³-hybridized carbons (Fsp3) is 0.765. The van der Waals surface area contributed by atoms with Crippen molar-refractivity contribution in [2.45, 2.75) is 65.3 Å². The summed E-state index contributed by atoms with van der Waals surface area (Å²) in [5, 5.41) is 7.03. The maximum atomic E-state index is 12.6. The van der Waals surface area contributed by atoms with Crippen LogP contribution in [0.25, 0.3) is 0 Å². The molecule has 1 aliphatic rings. The van der Waals surface area contributed by atoms with Gasteiger partial charge < -0.3 is 9.84 Å². The highest BCUT2D eigenvalue weighted by Gasteiger charge is 2.30. The summed E-state index contributed by atoms with van der Waals surface area (Å²) < 4.78 is 5.31. The Kier molecular flexibility index (Phi) is 5.27. The predicted octanol–water partition coefficient (Wildman–Crippen LogP) is 3.10. The zero-order valence-corrected chi connectivity index (χ0v) is 14.5. The molecule has 0 atom stereocenters. The van der Waals surface area contributed by atoms with Gasteiger partial charge in [-0.25, -0.2) is 0 Å². The van der Waals surface area contributed by atoms with E-state index in [1.807, 2.05) is 20.8 Å². The van der Waals surface area contributed by atoms with Crippen LogP contribution in [0, 0.1) is 6.92 Å². The van der Waals surface area contributed by atoms with Crippen LogP contribution in [0.5, 0.6) is 0 Å². The van der Waals surface area contributed by atoms with Crippen molar-refractivity contribution in [1.82, 2.24) is 15.4 Å². The Morgan fingerprint density at radius 1 is 1.32 bits per heavy atom. The number of aryl methyl sites for hydroxylation is 1. The highest BCUT2D eigenvalue weighted by molar-refractivity contribution is 5.96. The third kappa shape index (κ3) is 3.69. The van der Waals surface area contributed by atoms with Crippen molar-refractivity contribution in [2.75, 3.05) is 19.6 Å². The molecule has 2 rings (SSSR count). The number of carbonyl (C=O) groups excluding carboxylic acids is 1. The summed E-state index contributed by atoms with van der Waals surface area (Å²) in [6.07, 6.45) is 3.82. The van der Waals surface area contributed by atoms with Crippen LogP contribution in [0.4, 0.5) is 0 Å². The molecule has 1 saturated heterocycles. The molecule has 2 heterocycles. The Morgan fingerprint density at radius 2 is 1.95 bits per heavy atom. The Hall–Kier alpha value is -1.36. The van der Waals surface area contributed by atoms with Gasteiger partial charge in [-0.2, -0.15) is 0 Å². The minimum Gasteiger partial charge on any atom is -0.360 e. The second-order valence-electron chi connectivity index (χ2n) is 7.20. The SMILES string of the molecule is Cc1noc(C(C)C)c1C(=O)NCC(C)(C)N1CCCCC1. The van der Waals surface area contributed by atoms with E-state index in [0.717, 1.165) is 13.1 Å². The van der Waals surface area contributed by atoms with Gasteiger partial charge in [-0.3, -0.25) is 9.69 Å². The normalized spacial score (nSPS) is 17.0. The molecule has 0 aliphatic carbocycles. The highest BCUT2D eigenvalue weighted by atomic mass is 16.5. The molecule has 0 radical (unpaired) electrons. The molecule has 1 aromatic rings. The molecular weight excluding hydrogens is 278 g/mol. The molecule has 0 saturated carbocycles. The maximum Gasteiger partial charge on any atom is 0.256 e. The largest absolute Gasteiger partial charge is 0.360 e. The summed E-state index contributed by atoms with van der Waals surface area (Å²) in [6.45, 7) is 13.1. The summed E-state index contributed by atoms with van der Waals surface area (Å²) in [4.78, 5) is 15.0. The number of amides is 1. The lowest BCUT2D eigenvalue weighted by Crippen LogP contribution is -2.53. The van der Waals surface area contributed by atoms with Crippen LogP contribution in [0.2, 0.25) is 0 Å². The topological polar surface area (TPSA) is 58.4 Å². The van der Waals surface area contributed by atoms with Gasteiger partial charge in [0.2, 0.25) is 0 Å². The number of nitrogens with one attached hydrogen (secondary N) is 1. The Labute approximate surface area is 133 Å². The van der Waals surface area contributed by atoms with E-state index >= 15 is 0 Å². The molecule has 1 N–H and O–H groups in total. The van der Waals surface area contributed by atoms with Crippen molar-refractivity contribution in [3.05, 3.63) is 17.0 Å². The van der Waals surface area contributed by atoms with Crippen molar-refractivity contribution in [3.8, 4) is 0 Å². The Balaban J connectivity index is 2.02. The lowest BCUT2D eigenvalue weighted by atomic mass is 9.98. The molecule has 22 heavy (non-hydrogen) atoms. The fourth-order valence-corrected chi connectivity index (χ4v) is 3.05. The van der Waals surface area contributed by atoms with Crippen LogP contribution in [0.1, 0.15) is 74.7 Å². The molecule has 0 unspecified atom stereocenters. The van der Waals surface area contributed by atoms with Gasteiger partial charge in [-0.1, -0.05) is 25.4 Å². The minimum absolute atomic E-state index is 0.0286. The number of carbonyl (C=O) groups is 1. The standard InChI is InChI=1S/C17H29N3O2/c1-12(2)15-14(13(3)19-22-15)16(21)18-11-17(4,5)20-9-7-6-8-10-20/h12H,6-11H2,1-5H3,(H,18,21). The third-order valence-corrected chi connectivity index (χ3v) is 4.53. The molecule has 0 bridgehead atoms. The van der Waals surface area contributed by atoms with Crippen molar-refractivity contribution >= 4 is 5.91 Å². The van der Waals surface area contributed by atoms with Gasteiger partial charge in [0.05, 0.1) is 5.69 Å². The molecule has 0 spiro atoms. The molecule has 1 aliphatic heterocycles. The molecule has 1 aromatic heterocycles. The Bertz CT molecular complexity index is 514. The second kappa shape index (κ2) is 6.82. The van der Waals surface area contributed by atoms with Crippen molar-refractivity contribution in [2.24, 2.45) is 0 Å². The second-order valence-corrected chi connectivity index (χ2v) is 7.20. The van der Waals surface area contributed by atoms with Gasteiger partial charge in [0, 0.05) is 18.0 Å². The van der Waals surface area contributed by atoms with E-state index in [0.29, 0.717) is 23.6 Å². The van der Waals surface area contributed by atoms with Gasteiger partial charge >= 0.3 is 0 Å². The van der Waals surface area contributed by atoms with Gasteiger partial charge in [0.15, 0.2) is 5.76 Å². The minimum atomic E-state index is -0.0764. The van der Waals surface area contributed by atoms with Crippen LogP contribution < -0.4 is 5.32 Å². The number of hydrogen-bond acceptors (Lipinski definition) is 4. The van der Waals surface area contributed by atoms with Crippen LogP contribution in [0.3, 0.4) is 0 Å². The smallest absolute Gasteiger partial charge is 0.256 e. The lowest BCUT2D eigenvalue weighted by Gasteiger charge is -2.41. The third-order valence-electron chi connectivity index (χ3n) is 4.53. The first-order chi connectivity index (χ1) is 10.3. The summed E-state index contributed by atoms with van der Waals surface area (Å²) >= 11 is 0. The van der Waals surface area contributed by atoms with E-state index < -0.39 is 0 Å². The number of nitrogens with zero attached hydrogens (tertiary/aromatic N) is 2. The van der Waals surface area contributed by atoms with E-state index in [-0.39, 0.29) is 17.4 Å². The molecule has 5 nitrogen and oxygen atoms in total. The van der Waals surface area contributed by atoms with E-state index in [9.17, 15) is 4.79 Å². The zero-order chi connectivity index (χ0) is 16.3. The fourth-order valence-electron chi connectivity index (χ4n) is 3.05. The monoisotopic (exact) mass is 307 g/mol. The lowest BCUT2D eigenvalue weighted by molar-refractivity contribution is 0.0795. The summed E-state index contributed by atoms with van der Waals surface area (Å²) in [5.41, 5.74) is 1.24. The average Bonchev–Trinajstić information content (AvgIpc) is 2.88. The molecule has 124 valence electrons. The highest BCUT2D eigenvalue weighted by Crippen LogP contribution is 2.23. The van der Waals surface area contributed by atoms with Gasteiger partial charge in [-0.15, -0.1) is 0 Å². The first-order valence-corrected chi connectivity index (χ1v) is 8.32. The number of piperidine rings is 1. The number of aromatic nitrogens is 1. The summed E-state index contributed by atoms with van der Waals surface area (Å²) in [5.74, 6) is 0.746. The van der Waals surface area contributed by atoms with Gasteiger partial charge in [0.25, 0.3) is 5.91 Å². The van der Waals surface area contributed by atoms with Crippen molar-refractivity contribution in [3.63, 3.8) is 0 Å². The van der Waals surface area contributed by atoms with Crippen molar-refractivity contribution in [1.29, 1.82) is 0 Å². The number of likely N-dealkylation sites (tertiary alicyclic amines) is 1. The van der Waals surface area contributed by atoms with Crippen LogP contribution in [-0.4, -0.2) is 41.1 Å². The van der Waals surface area contributed by atoms with Crippen LogP contribution >= 0.6 is 0 Å². The van der Waals surface area contributed by atoms with E-state index in [2.05, 4.69) is 29.2 Å². The molecular formula is C17H29N3O2. The van der Waals surface area contributed by atoms with Gasteiger partial charge in [0.1, 0.15) is 5.56 Å². The first-order valence-electron chi connectivity index (χ1n) is 8.32. The quantitative estimate of drug-likeness (QED) is 0.908. The van der Waals surface area contributed by atoms with Crippen LogP contribution in [0.15, 0.2) is 4.52 Å². The molecule has 1 fully saturated rings. The first kappa shape index (κ1) is 17.0. The average molecular weight is 307 g/mol. The molecule has 5 heteroatoms. The van der Waals surface area contributed by atoms with Gasteiger partial charge in [-0.05, 0) is 46.7 Å². The number of rotatable bonds is 5. The molecule has 1 amide bonds. The Morgan fingerprint density at radius 3 is 2.55 bits per heavy atom.